The van der Waals surface area contributed by atoms with Crippen molar-refractivity contribution in [3.05, 3.63) is 42.1 Å². The molecule has 0 aliphatic carbocycles. The minimum Gasteiger partial charge on any atom is -0.337 e. The Hall–Kier alpha value is -1.42. The van der Waals surface area contributed by atoms with E-state index in [4.69, 9.17) is 0 Å². The van der Waals surface area contributed by atoms with E-state index in [1.54, 1.807) is 0 Å². The Morgan fingerprint density at radius 1 is 1.16 bits per heavy atom. The number of alkyl halides is 1. The number of pyridine rings is 1. The Balaban J connectivity index is 1.85. The van der Waals surface area contributed by atoms with E-state index in [2.05, 4.69) is 20.9 Å². The molecule has 1 aromatic heterocycles. The quantitative estimate of drug-likeness (QED) is 0.756. The molecule has 1 amide bonds. The van der Waals surface area contributed by atoms with Crippen LogP contribution in [0.25, 0.3) is 10.9 Å². The van der Waals surface area contributed by atoms with Crippen molar-refractivity contribution in [2.24, 2.45) is 0 Å². The number of para-hydroxylation sites is 1. The summed E-state index contributed by atoms with van der Waals surface area (Å²) < 4.78 is 0. The third-order valence-corrected chi connectivity index (χ3v) is 4.44. The number of aromatic nitrogens is 1. The molecule has 19 heavy (non-hydrogen) atoms. The summed E-state index contributed by atoms with van der Waals surface area (Å²) in [5.41, 5.74) is 1.43. The molecular weight excluding hydrogens is 304 g/mol. The van der Waals surface area contributed by atoms with E-state index >= 15 is 0 Å². The molecular formula is C15H15BrN2O. The van der Waals surface area contributed by atoms with Crippen LogP contribution in [0.15, 0.2) is 36.4 Å². The molecule has 1 aliphatic rings. The van der Waals surface area contributed by atoms with Crippen molar-refractivity contribution in [2.45, 2.75) is 17.7 Å². The maximum Gasteiger partial charge on any atom is 0.272 e. The molecule has 0 radical (unpaired) electrons. The maximum atomic E-state index is 12.4. The molecule has 0 atom stereocenters. The average molecular weight is 319 g/mol. The second-order valence-corrected chi connectivity index (χ2v) is 6.15. The number of piperidine rings is 1. The lowest BCUT2D eigenvalue weighted by molar-refractivity contribution is 0.0723. The van der Waals surface area contributed by atoms with Gasteiger partial charge in [0.05, 0.1) is 5.52 Å². The monoisotopic (exact) mass is 318 g/mol. The molecule has 0 saturated carbocycles. The van der Waals surface area contributed by atoms with Gasteiger partial charge in [0.15, 0.2) is 0 Å². The van der Waals surface area contributed by atoms with E-state index in [1.165, 1.54) is 0 Å². The van der Waals surface area contributed by atoms with Crippen molar-refractivity contribution in [1.82, 2.24) is 9.88 Å². The Kier molecular flexibility index (Phi) is 3.51. The molecule has 1 aliphatic heterocycles. The lowest BCUT2D eigenvalue weighted by Crippen LogP contribution is -2.39. The standard InChI is InChI=1S/C15H15BrN2O/c16-12-7-9-18(10-8-12)15(19)14-6-5-11-3-1-2-4-13(11)17-14/h1-6,12H,7-10H2. The Morgan fingerprint density at radius 3 is 2.68 bits per heavy atom. The van der Waals surface area contributed by atoms with Crippen molar-refractivity contribution in [3.63, 3.8) is 0 Å². The van der Waals surface area contributed by atoms with Gasteiger partial charge >= 0.3 is 0 Å². The van der Waals surface area contributed by atoms with E-state index in [9.17, 15) is 4.79 Å². The van der Waals surface area contributed by atoms with E-state index in [0.717, 1.165) is 36.8 Å². The summed E-state index contributed by atoms with van der Waals surface area (Å²) in [5, 5.41) is 1.07. The van der Waals surface area contributed by atoms with Crippen molar-refractivity contribution in [2.75, 3.05) is 13.1 Å². The lowest BCUT2D eigenvalue weighted by atomic mass is 10.1. The fraction of sp³-hybridized carbons (Fsp3) is 0.333. The zero-order chi connectivity index (χ0) is 13.2. The largest absolute Gasteiger partial charge is 0.337 e. The minimum absolute atomic E-state index is 0.0464. The van der Waals surface area contributed by atoms with E-state index in [0.29, 0.717) is 10.5 Å². The summed E-state index contributed by atoms with van der Waals surface area (Å²) in [7, 11) is 0. The van der Waals surface area contributed by atoms with Crippen LogP contribution in [0.3, 0.4) is 0 Å². The smallest absolute Gasteiger partial charge is 0.272 e. The minimum atomic E-state index is 0.0464. The number of hydrogen-bond acceptors (Lipinski definition) is 2. The zero-order valence-corrected chi connectivity index (χ0v) is 12.1. The van der Waals surface area contributed by atoms with Gasteiger partial charge in [-0.3, -0.25) is 4.79 Å². The Morgan fingerprint density at radius 2 is 1.89 bits per heavy atom. The average Bonchev–Trinajstić information content (AvgIpc) is 2.47. The molecule has 1 fully saturated rings. The third-order valence-electron chi connectivity index (χ3n) is 3.53. The van der Waals surface area contributed by atoms with Crippen LogP contribution < -0.4 is 0 Å². The van der Waals surface area contributed by atoms with Gasteiger partial charge in [-0.15, -0.1) is 0 Å². The number of halogens is 1. The van der Waals surface area contributed by atoms with Crippen LogP contribution in [0.5, 0.6) is 0 Å². The fourth-order valence-electron chi connectivity index (χ4n) is 2.40. The van der Waals surface area contributed by atoms with E-state index in [1.807, 2.05) is 41.3 Å². The molecule has 2 aromatic rings. The second kappa shape index (κ2) is 5.29. The second-order valence-electron chi connectivity index (χ2n) is 4.86. The number of fused-ring (bicyclic) bond motifs is 1. The number of benzene rings is 1. The van der Waals surface area contributed by atoms with Gasteiger partial charge in [0.25, 0.3) is 5.91 Å². The zero-order valence-electron chi connectivity index (χ0n) is 10.6. The van der Waals surface area contributed by atoms with Gasteiger partial charge in [-0.1, -0.05) is 40.2 Å². The predicted octanol–water partition coefficient (Wildman–Crippen LogP) is 3.23. The highest BCUT2D eigenvalue weighted by atomic mass is 79.9. The van der Waals surface area contributed by atoms with E-state index < -0.39 is 0 Å². The SMILES string of the molecule is O=C(c1ccc2ccccc2n1)N1CCC(Br)CC1. The van der Waals surface area contributed by atoms with Gasteiger partial charge in [0.2, 0.25) is 0 Å². The summed E-state index contributed by atoms with van der Waals surface area (Å²) in [6, 6.07) is 11.7. The molecule has 2 heterocycles. The molecule has 4 heteroatoms. The van der Waals surface area contributed by atoms with Crippen molar-refractivity contribution in [1.29, 1.82) is 0 Å². The first-order valence-corrected chi connectivity index (χ1v) is 7.45. The van der Waals surface area contributed by atoms with Crippen molar-refractivity contribution < 1.29 is 4.79 Å². The number of amides is 1. The fourth-order valence-corrected chi connectivity index (χ4v) is 2.81. The van der Waals surface area contributed by atoms with Gasteiger partial charge in [-0.25, -0.2) is 4.98 Å². The van der Waals surface area contributed by atoms with Gasteiger partial charge in [-0.2, -0.15) is 0 Å². The first-order chi connectivity index (χ1) is 9.24. The highest BCUT2D eigenvalue weighted by Crippen LogP contribution is 2.19. The summed E-state index contributed by atoms with van der Waals surface area (Å²) in [6.07, 6.45) is 2.03. The third kappa shape index (κ3) is 2.63. The molecule has 0 N–H and O–H groups in total. The summed E-state index contributed by atoms with van der Waals surface area (Å²) in [4.78, 5) is 19.3. The normalized spacial score (nSPS) is 16.8. The summed E-state index contributed by atoms with van der Waals surface area (Å²) >= 11 is 3.60. The molecule has 3 nitrogen and oxygen atoms in total. The van der Waals surface area contributed by atoms with Crippen LogP contribution in [0.4, 0.5) is 0 Å². The number of rotatable bonds is 1. The van der Waals surface area contributed by atoms with Crippen LogP contribution in [0, 0.1) is 0 Å². The van der Waals surface area contributed by atoms with Crippen LogP contribution >= 0.6 is 15.9 Å². The lowest BCUT2D eigenvalue weighted by Gasteiger charge is -2.29. The van der Waals surface area contributed by atoms with Crippen LogP contribution in [-0.2, 0) is 0 Å². The first kappa shape index (κ1) is 12.6. The summed E-state index contributed by atoms with van der Waals surface area (Å²) in [5.74, 6) is 0.0464. The van der Waals surface area contributed by atoms with Crippen LogP contribution in [0.1, 0.15) is 23.3 Å². The maximum absolute atomic E-state index is 12.4. The van der Waals surface area contributed by atoms with E-state index in [-0.39, 0.29) is 5.91 Å². The van der Waals surface area contributed by atoms with Gasteiger partial charge in [-0.05, 0) is 25.0 Å². The van der Waals surface area contributed by atoms with Crippen molar-refractivity contribution in [3.8, 4) is 0 Å². The highest BCUT2D eigenvalue weighted by Gasteiger charge is 2.22. The number of likely N-dealkylation sites (tertiary alicyclic amines) is 1. The molecule has 0 unspecified atom stereocenters. The van der Waals surface area contributed by atoms with Crippen molar-refractivity contribution >= 4 is 32.7 Å². The van der Waals surface area contributed by atoms with Gasteiger partial charge in [0.1, 0.15) is 5.69 Å². The molecule has 1 saturated heterocycles. The number of hydrogen-bond donors (Lipinski definition) is 0. The highest BCUT2D eigenvalue weighted by molar-refractivity contribution is 9.09. The van der Waals surface area contributed by atoms with Crippen LogP contribution in [-0.4, -0.2) is 33.7 Å². The predicted molar refractivity (Wildman–Crippen MR) is 79.6 cm³/mol. The number of carbonyl (C=O) groups excluding carboxylic acids is 1. The Labute approximate surface area is 120 Å². The number of carbonyl (C=O) groups is 1. The first-order valence-electron chi connectivity index (χ1n) is 6.53. The van der Waals surface area contributed by atoms with Gasteiger partial charge < -0.3 is 4.90 Å². The molecule has 98 valence electrons. The molecule has 0 bridgehead atoms. The van der Waals surface area contributed by atoms with Crippen LogP contribution in [0.2, 0.25) is 0 Å². The van der Waals surface area contributed by atoms with Gasteiger partial charge in [0, 0.05) is 23.3 Å². The number of nitrogens with zero attached hydrogens (tertiary/aromatic N) is 2. The Bertz CT molecular complexity index is 606. The topological polar surface area (TPSA) is 33.2 Å². The summed E-state index contributed by atoms with van der Waals surface area (Å²) in [6.45, 7) is 1.62. The molecule has 0 spiro atoms. The molecule has 3 rings (SSSR count). The molecule has 1 aromatic carbocycles.